The van der Waals surface area contributed by atoms with Crippen LogP contribution in [0.1, 0.15) is 5.56 Å². The minimum atomic E-state index is -0.302. The second-order valence-electron chi connectivity index (χ2n) is 5.61. The molecule has 4 rings (SSSR count). The zero-order valence-electron chi connectivity index (χ0n) is 13.6. The molecule has 0 aliphatic rings. The van der Waals surface area contributed by atoms with E-state index in [0.717, 1.165) is 20.1 Å². The number of rotatable bonds is 3. The first-order valence-corrected chi connectivity index (χ1v) is 8.46. The van der Waals surface area contributed by atoms with E-state index in [2.05, 4.69) is 31.0 Å². The number of benzene rings is 2. The fraction of sp³-hybridized carbons (Fsp3) is 0.0556. The number of H-pyrrole nitrogens is 1. The van der Waals surface area contributed by atoms with Gasteiger partial charge in [0.15, 0.2) is 11.5 Å². The molecule has 0 aliphatic carbocycles. The number of methoxy groups -OCH3 is 1. The van der Waals surface area contributed by atoms with Crippen LogP contribution in [-0.4, -0.2) is 33.1 Å². The molecule has 4 aromatic rings. The molecule has 2 aromatic heterocycles. The van der Waals surface area contributed by atoms with Crippen LogP contribution in [0.15, 0.2) is 57.1 Å². The van der Waals surface area contributed by atoms with Gasteiger partial charge in [-0.15, -0.1) is 0 Å². The highest BCUT2D eigenvalue weighted by molar-refractivity contribution is 9.10. The lowest BCUT2D eigenvalue weighted by atomic mass is 10.2. The normalized spacial score (nSPS) is 11.6. The van der Waals surface area contributed by atoms with Crippen LogP contribution in [0.5, 0.6) is 11.5 Å². The zero-order valence-corrected chi connectivity index (χ0v) is 15.2. The third-order valence-corrected chi connectivity index (χ3v) is 4.48. The number of nitrogens with zero attached hydrogens (tertiary/aromatic N) is 3. The summed E-state index contributed by atoms with van der Waals surface area (Å²) < 4.78 is 7.13. The standard InChI is InChI=1S/C18H13BrN4O3/c1-26-15-6-10(2-5-14(15)24)8-21-23-9-20-16-12-7-11(19)3-4-13(12)22-17(16)18(23)25/h2-9,22,24H,1H3. The van der Waals surface area contributed by atoms with Crippen LogP contribution in [0.25, 0.3) is 21.9 Å². The number of aromatic amines is 1. The van der Waals surface area contributed by atoms with E-state index in [-0.39, 0.29) is 11.3 Å². The topological polar surface area (TPSA) is 92.5 Å². The van der Waals surface area contributed by atoms with Crippen LogP contribution in [0.3, 0.4) is 0 Å². The van der Waals surface area contributed by atoms with E-state index >= 15 is 0 Å². The molecule has 0 bridgehead atoms. The number of aromatic nitrogens is 3. The summed E-state index contributed by atoms with van der Waals surface area (Å²) >= 11 is 3.43. The van der Waals surface area contributed by atoms with Crippen molar-refractivity contribution < 1.29 is 9.84 Å². The molecular weight excluding hydrogens is 400 g/mol. The Bertz CT molecular complexity index is 1230. The molecule has 2 N–H and O–H groups in total. The molecule has 130 valence electrons. The summed E-state index contributed by atoms with van der Waals surface area (Å²) in [6, 6.07) is 10.5. The summed E-state index contributed by atoms with van der Waals surface area (Å²) in [5.74, 6) is 0.366. The van der Waals surface area contributed by atoms with Gasteiger partial charge in [0.1, 0.15) is 17.4 Å². The fourth-order valence-electron chi connectivity index (χ4n) is 2.70. The molecule has 0 radical (unpaired) electrons. The van der Waals surface area contributed by atoms with Gasteiger partial charge >= 0.3 is 0 Å². The van der Waals surface area contributed by atoms with Crippen LogP contribution in [0.4, 0.5) is 0 Å². The summed E-state index contributed by atoms with van der Waals surface area (Å²) in [7, 11) is 1.46. The lowest BCUT2D eigenvalue weighted by Gasteiger charge is -2.03. The Morgan fingerprint density at radius 1 is 1.31 bits per heavy atom. The predicted octanol–water partition coefficient (Wildman–Crippen LogP) is 3.24. The van der Waals surface area contributed by atoms with Gasteiger partial charge in [0, 0.05) is 15.4 Å². The third kappa shape index (κ3) is 2.74. The van der Waals surface area contributed by atoms with Gasteiger partial charge in [-0.25, -0.2) is 4.98 Å². The average Bonchev–Trinajstić information content (AvgIpc) is 3.01. The van der Waals surface area contributed by atoms with Gasteiger partial charge in [-0.3, -0.25) is 4.79 Å². The van der Waals surface area contributed by atoms with Gasteiger partial charge < -0.3 is 14.8 Å². The van der Waals surface area contributed by atoms with Crippen molar-refractivity contribution in [1.29, 1.82) is 0 Å². The molecule has 0 unspecified atom stereocenters. The fourth-order valence-corrected chi connectivity index (χ4v) is 3.06. The number of ether oxygens (including phenoxy) is 1. The van der Waals surface area contributed by atoms with Crippen molar-refractivity contribution in [3.63, 3.8) is 0 Å². The van der Waals surface area contributed by atoms with E-state index in [9.17, 15) is 9.90 Å². The highest BCUT2D eigenvalue weighted by Crippen LogP contribution is 2.26. The molecule has 2 heterocycles. The first-order chi connectivity index (χ1) is 12.6. The van der Waals surface area contributed by atoms with E-state index in [0.29, 0.717) is 22.3 Å². The van der Waals surface area contributed by atoms with Gasteiger partial charge in [-0.2, -0.15) is 9.78 Å². The SMILES string of the molecule is COc1cc(C=Nn2cnc3c([nH]c4ccc(Br)cc43)c2=O)ccc1O. The van der Waals surface area contributed by atoms with Gasteiger partial charge in [-0.1, -0.05) is 15.9 Å². The monoisotopic (exact) mass is 412 g/mol. The van der Waals surface area contributed by atoms with Crippen LogP contribution >= 0.6 is 15.9 Å². The maximum atomic E-state index is 12.7. The number of phenolic OH excluding ortho intramolecular Hbond substituents is 1. The van der Waals surface area contributed by atoms with Crippen molar-refractivity contribution in [1.82, 2.24) is 14.6 Å². The number of fused-ring (bicyclic) bond motifs is 3. The molecule has 8 heteroatoms. The summed E-state index contributed by atoms with van der Waals surface area (Å²) in [6.07, 6.45) is 2.88. The second-order valence-corrected chi connectivity index (χ2v) is 6.52. The number of nitrogens with one attached hydrogen (secondary N) is 1. The van der Waals surface area contributed by atoms with Gasteiger partial charge in [-0.05, 0) is 42.0 Å². The maximum absolute atomic E-state index is 12.7. The average molecular weight is 413 g/mol. The van der Waals surface area contributed by atoms with Crippen LogP contribution in [0.2, 0.25) is 0 Å². The van der Waals surface area contributed by atoms with Gasteiger partial charge in [0.05, 0.1) is 13.3 Å². The number of aromatic hydroxyl groups is 1. The lowest BCUT2D eigenvalue weighted by Crippen LogP contribution is -2.17. The summed E-state index contributed by atoms with van der Waals surface area (Å²) in [4.78, 5) is 20.1. The van der Waals surface area contributed by atoms with Crippen molar-refractivity contribution in [2.45, 2.75) is 0 Å². The van der Waals surface area contributed by atoms with E-state index in [4.69, 9.17) is 4.74 Å². The van der Waals surface area contributed by atoms with Crippen molar-refractivity contribution in [2.75, 3.05) is 7.11 Å². The molecular formula is C18H13BrN4O3. The van der Waals surface area contributed by atoms with Crippen molar-refractivity contribution in [3.05, 3.63) is 63.1 Å². The van der Waals surface area contributed by atoms with Crippen molar-refractivity contribution in [2.24, 2.45) is 5.10 Å². The quantitative estimate of drug-likeness (QED) is 0.505. The first kappa shape index (κ1) is 16.3. The van der Waals surface area contributed by atoms with Crippen LogP contribution in [-0.2, 0) is 0 Å². The predicted molar refractivity (Wildman–Crippen MR) is 103 cm³/mol. The highest BCUT2D eigenvalue weighted by Gasteiger charge is 2.11. The maximum Gasteiger partial charge on any atom is 0.298 e. The Balaban J connectivity index is 1.79. The summed E-state index contributed by atoms with van der Waals surface area (Å²) in [5.41, 5.74) is 2.19. The van der Waals surface area contributed by atoms with E-state index in [1.807, 2.05) is 18.2 Å². The molecule has 0 fully saturated rings. The summed E-state index contributed by atoms with van der Waals surface area (Å²) in [5, 5.41) is 14.7. The molecule has 0 saturated heterocycles. The number of hydrogen-bond donors (Lipinski definition) is 2. The third-order valence-electron chi connectivity index (χ3n) is 3.99. The molecule has 0 atom stereocenters. The number of hydrogen-bond acceptors (Lipinski definition) is 5. The molecule has 0 aliphatic heterocycles. The molecule has 7 nitrogen and oxygen atoms in total. The lowest BCUT2D eigenvalue weighted by molar-refractivity contribution is 0.373. The van der Waals surface area contributed by atoms with E-state index in [1.165, 1.54) is 25.7 Å². The Morgan fingerprint density at radius 3 is 2.96 bits per heavy atom. The molecule has 0 spiro atoms. The molecule has 0 saturated carbocycles. The largest absolute Gasteiger partial charge is 0.504 e. The van der Waals surface area contributed by atoms with Gasteiger partial charge in [0.25, 0.3) is 5.56 Å². The van der Waals surface area contributed by atoms with Crippen molar-refractivity contribution >= 4 is 44.1 Å². The first-order valence-electron chi connectivity index (χ1n) is 7.67. The Morgan fingerprint density at radius 2 is 2.15 bits per heavy atom. The minimum Gasteiger partial charge on any atom is -0.504 e. The second kappa shape index (κ2) is 6.30. The summed E-state index contributed by atoms with van der Waals surface area (Å²) in [6.45, 7) is 0. The zero-order chi connectivity index (χ0) is 18.3. The Kier molecular flexibility index (Phi) is 3.96. The smallest absolute Gasteiger partial charge is 0.298 e. The van der Waals surface area contributed by atoms with Crippen LogP contribution in [0, 0.1) is 0 Å². The van der Waals surface area contributed by atoms with E-state index < -0.39 is 0 Å². The minimum absolute atomic E-state index is 0.0362. The highest BCUT2D eigenvalue weighted by atomic mass is 79.9. The van der Waals surface area contributed by atoms with Gasteiger partial charge in [0.2, 0.25) is 0 Å². The molecule has 0 amide bonds. The van der Waals surface area contributed by atoms with E-state index in [1.54, 1.807) is 12.1 Å². The number of phenols is 1. The Hall–Kier alpha value is -3.13. The van der Waals surface area contributed by atoms with Crippen molar-refractivity contribution in [3.8, 4) is 11.5 Å². The Labute approximate surface area is 155 Å². The number of halogens is 1. The molecule has 2 aromatic carbocycles. The molecule has 26 heavy (non-hydrogen) atoms. The van der Waals surface area contributed by atoms with Crippen LogP contribution < -0.4 is 10.3 Å².